The Morgan fingerprint density at radius 3 is 3.00 bits per heavy atom. The third-order valence-corrected chi connectivity index (χ3v) is 2.97. The largest absolute Gasteiger partial charge is 0.338 e. The van der Waals surface area contributed by atoms with Gasteiger partial charge in [0.15, 0.2) is 0 Å². The fraction of sp³-hybridized carbons (Fsp3) is 0.667. The highest BCUT2D eigenvalue weighted by molar-refractivity contribution is 7.99. The maximum atomic E-state index is 5.95. The van der Waals surface area contributed by atoms with Crippen LogP contribution in [0.25, 0.3) is 0 Å². The van der Waals surface area contributed by atoms with Gasteiger partial charge < -0.3 is 10.3 Å². The highest BCUT2D eigenvalue weighted by atomic mass is 32.2. The van der Waals surface area contributed by atoms with E-state index in [1.54, 1.807) is 0 Å². The quantitative estimate of drug-likeness (QED) is 0.770. The van der Waals surface area contributed by atoms with Gasteiger partial charge in [-0.05, 0) is 5.75 Å². The third kappa shape index (κ3) is 3.40. The summed E-state index contributed by atoms with van der Waals surface area (Å²) < 4.78 is 2.02. The van der Waals surface area contributed by atoms with Crippen LogP contribution in [0.1, 0.15) is 12.7 Å². The Morgan fingerprint density at radius 1 is 1.69 bits per heavy atom. The number of aryl methyl sites for hydroxylation is 1. The van der Waals surface area contributed by atoms with Crippen molar-refractivity contribution < 1.29 is 0 Å². The second-order valence-corrected chi connectivity index (χ2v) is 4.40. The molecule has 0 saturated carbocycles. The minimum atomic E-state index is 0.228. The lowest BCUT2D eigenvalue weighted by atomic mass is 10.2. The Bertz CT molecular complexity index is 247. The van der Waals surface area contributed by atoms with E-state index >= 15 is 0 Å². The number of aromatic nitrogens is 2. The maximum absolute atomic E-state index is 5.95. The lowest BCUT2D eigenvalue weighted by molar-refractivity contribution is 0.679. The Hall–Kier alpha value is -0.480. The molecule has 0 bridgehead atoms. The second kappa shape index (κ2) is 5.29. The van der Waals surface area contributed by atoms with Gasteiger partial charge in [-0.1, -0.05) is 6.92 Å². The van der Waals surface area contributed by atoms with Crippen LogP contribution in [0, 0.1) is 0 Å². The maximum Gasteiger partial charge on any atom is 0.109 e. The summed E-state index contributed by atoms with van der Waals surface area (Å²) in [5, 5.41) is 0. The van der Waals surface area contributed by atoms with E-state index in [-0.39, 0.29) is 6.04 Å². The Kier molecular flexibility index (Phi) is 4.32. The third-order valence-electron chi connectivity index (χ3n) is 1.90. The summed E-state index contributed by atoms with van der Waals surface area (Å²) in [4.78, 5) is 4.24. The Balaban J connectivity index is 2.36. The predicted molar refractivity (Wildman–Crippen MR) is 57.9 cm³/mol. The molecule has 1 atom stereocenters. The lowest BCUT2D eigenvalue weighted by Gasteiger charge is -2.09. The fourth-order valence-corrected chi connectivity index (χ4v) is 1.81. The van der Waals surface area contributed by atoms with Crippen molar-refractivity contribution in [2.75, 3.05) is 11.5 Å². The van der Waals surface area contributed by atoms with Crippen molar-refractivity contribution in [3.05, 3.63) is 18.2 Å². The normalized spacial score (nSPS) is 13.2. The second-order valence-electron chi connectivity index (χ2n) is 3.08. The van der Waals surface area contributed by atoms with Gasteiger partial charge in [-0.15, -0.1) is 0 Å². The van der Waals surface area contributed by atoms with Gasteiger partial charge >= 0.3 is 0 Å². The van der Waals surface area contributed by atoms with Gasteiger partial charge in [-0.25, -0.2) is 4.98 Å². The Morgan fingerprint density at radius 2 is 2.46 bits per heavy atom. The molecule has 0 aromatic carbocycles. The van der Waals surface area contributed by atoms with Crippen LogP contribution in [-0.2, 0) is 13.5 Å². The molecule has 0 radical (unpaired) electrons. The van der Waals surface area contributed by atoms with Crippen molar-refractivity contribution in [3.8, 4) is 0 Å². The number of imidazole rings is 1. The van der Waals surface area contributed by atoms with Crippen LogP contribution in [0.3, 0.4) is 0 Å². The topological polar surface area (TPSA) is 43.8 Å². The van der Waals surface area contributed by atoms with Gasteiger partial charge in [-0.3, -0.25) is 0 Å². The van der Waals surface area contributed by atoms with E-state index in [1.807, 2.05) is 35.8 Å². The molecule has 0 aliphatic rings. The molecule has 0 aliphatic carbocycles. The van der Waals surface area contributed by atoms with Crippen LogP contribution in [0.5, 0.6) is 0 Å². The van der Waals surface area contributed by atoms with E-state index in [9.17, 15) is 0 Å². The van der Waals surface area contributed by atoms with Crippen molar-refractivity contribution in [3.63, 3.8) is 0 Å². The number of nitrogens with two attached hydrogens (primary N) is 1. The predicted octanol–water partition coefficient (Wildman–Crippen LogP) is 1.04. The average molecular weight is 199 g/mol. The van der Waals surface area contributed by atoms with Crippen LogP contribution in [0.4, 0.5) is 0 Å². The summed E-state index contributed by atoms with van der Waals surface area (Å²) >= 11 is 1.88. The lowest BCUT2D eigenvalue weighted by Crippen LogP contribution is -2.27. The minimum absolute atomic E-state index is 0.228. The average Bonchev–Trinajstić information content (AvgIpc) is 2.48. The number of rotatable bonds is 5. The first kappa shape index (κ1) is 10.6. The molecule has 3 nitrogen and oxygen atoms in total. The number of hydrogen-bond acceptors (Lipinski definition) is 3. The van der Waals surface area contributed by atoms with Crippen molar-refractivity contribution in [1.82, 2.24) is 9.55 Å². The van der Waals surface area contributed by atoms with Gasteiger partial charge in [0.25, 0.3) is 0 Å². The molecule has 1 heterocycles. The van der Waals surface area contributed by atoms with Crippen LogP contribution in [0.2, 0.25) is 0 Å². The summed E-state index contributed by atoms with van der Waals surface area (Å²) in [6.45, 7) is 2.15. The summed E-state index contributed by atoms with van der Waals surface area (Å²) in [6, 6.07) is 0.228. The summed E-state index contributed by atoms with van der Waals surface area (Å²) in [7, 11) is 2.00. The highest BCUT2D eigenvalue weighted by Gasteiger charge is 2.06. The number of hydrogen-bond donors (Lipinski definition) is 1. The zero-order valence-electron chi connectivity index (χ0n) is 8.23. The zero-order valence-corrected chi connectivity index (χ0v) is 9.05. The fourth-order valence-electron chi connectivity index (χ4n) is 1.16. The minimum Gasteiger partial charge on any atom is -0.338 e. The first-order chi connectivity index (χ1) is 6.24. The molecule has 0 aliphatic heterocycles. The van der Waals surface area contributed by atoms with Crippen molar-refractivity contribution in [1.29, 1.82) is 0 Å². The smallest absolute Gasteiger partial charge is 0.109 e. The molecule has 1 rings (SSSR count). The monoisotopic (exact) mass is 199 g/mol. The van der Waals surface area contributed by atoms with E-state index in [4.69, 9.17) is 5.73 Å². The van der Waals surface area contributed by atoms with Crippen molar-refractivity contribution in [2.45, 2.75) is 19.4 Å². The van der Waals surface area contributed by atoms with Crippen LogP contribution in [-0.4, -0.2) is 27.1 Å². The molecular weight excluding hydrogens is 182 g/mol. The van der Waals surface area contributed by atoms with E-state index in [1.165, 1.54) is 0 Å². The molecule has 0 spiro atoms. The zero-order chi connectivity index (χ0) is 9.68. The van der Waals surface area contributed by atoms with E-state index in [0.717, 1.165) is 23.8 Å². The molecular formula is C9H17N3S. The van der Waals surface area contributed by atoms with Crippen molar-refractivity contribution in [2.24, 2.45) is 12.8 Å². The molecule has 1 aromatic rings. The summed E-state index contributed by atoms with van der Waals surface area (Å²) in [5.41, 5.74) is 5.95. The van der Waals surface area contributed by atoms with Crippen LogP contribution < -0.4 is 5.73 Å². The molecule has 0 saturated heterocycles. The van der Waals surface area contributed by atoms with Gasteiger partial charge in [0.05, 0.1) is 0 Å². The molecule has 1 unspecified atom stereocenters. The van der Waals surface area contributed by atoms with E-state index in [2.05, 4.69) is 11.9 Å². The molecule has 2 N–H and O–H groups in total. The summed E-state index contributed by atoms with van der Waals surface area (Å²) in [5.74, 6) is 3.22. The van der Waals surface area contributed by atoms with E-state index < -0.39 is 0 Å². The molecule has 4 heteroatoms. The highest BCUT2D eigenvalue weighted by Crippen LogP contribution is 2.05. The SMILES string of the molecule is CCSCC(N)Cc1nccn1C. The Labute approximate surface area is 83.7 Å². The first-order valence-corrected chi connectivity index (χ1v) is 5.69. The standard InChI is InChI=1S/C9H17N3S/c1-3-13-7-8(10)6-9-11-4-5-12(9)2/h4-5,8H,3,6-7,10H2,1-2H3. The molecule has 0 fully saturated rings. The summed E-state index contributed by atoms with van der Waals surface area (Å²) in [6.07, 6.45) is 4.64. The van der Waals surface area contributed by atoms with E-state index in [0.29, 0.717) is 0 Å². The number of nitrogens with zero attached hydrogens (tertiary/aromatic N) is 2. The van der Waals surface area contributed by atoms with Gasteiger partial charge in [-0.2, -0.15) is 11.8 Å². The van der Waals surface area contributed by atoms with Crippen molar-refractivity contribution >= 4 is 11.8 Å². The van der Waals surface area contributed by atoms with Gasteiger partial charge in [0, 0.05) is 37.7 Å². The van der Waals surface area contributed by atoms with Crippen LogP contribution >= 0.6 is 11.8 Å². The molecule has 74 valence electrons. The first-order valence-electron chi connectivity index (χ1n) is 4.53. The molecule has 0 amide bonds. The van der Waals surface area contributed by atoms with Gasteiger partial charge in [0.1, 0.15) is 5.82 Å². The molecule has 1 aromatic heterocycles. The molecule has 13 heavy (non-hydrogen) atoms. The number of thioether (sulfide) groups is 1. The van der Waals surface area contributed by atoms with Crippen LogP contribution in [0.15, 0.2) is 12.4 Å². The van der Waals surface area contributed by atoms with Gasteiger partial charge in [0.2, 0.25) is 0 Å².